The van der Waals surface area contributed by atoms with Crippen LogP contribution in [0.1, 0.15) is 33.6 Å². The van der Waals surface area contributed by atoms with Crippen molar-refractivity contribution in [2.75, 3.05) is 31.5 Å². The molecule has 36 heavy (non-hydrogen) atoms. The zero-order valence-corrected chi connectivity index (χ0v) is 29.8. The molecule has 0 N–H and O–H groups in total. The van der Waals surface area contributed by atoms with Crippen molar-refractivity contribution in [2.24, 2.45) is 23.2 Å². The van der Waals surface area contributed by atoms with Crippen molar-refractivity contribution in [1.29, 1.82) is 0 Å². The Morgan fingerprint density at radius 1 is 1.36 bits per heavy atom. The molecule has 0 aromatic rings. The summed E-state index contributed by atoms with van der Waals surface area (Å²) in [5.74, 6) is 6.15. The molecule has 0 amide bonds. The Hall–Kier alpha value is 0.850. The topological polar surface area (TPSA) is 18.5 Å². The number of halogens is 2. The number of allylic oxidation sites excluding steroid dienone is 10. The Kier molecular flexibility index (Phi) is 11.2. The van der Waals surface area contributed by atoms with E-state index in [0.717, 1.165) is 5.92 Å². The number of hydrogen-bond acceptors (Lipinski definition) is 2. The van der Waals surface area contributed by atoms with E-state index in [9.17, 15) is 0 Å². The van der Waals surface area contributed by atoms with Crippen molar-refractivity contribution >= 4 is 44.1 Å². The van der Waals surface area contributed by atoms with E-state index >= 15 is 0 Å². The van der Waals surface area contributed by atoms with Gasteiger partial charge in [-0.2, -0.15) is 0 Å². The fourth-order valence-corrected chi connectivity index (χ4v) is 27.6. The Labute approximate surface area is 236 Å². The van der Waals surface area contributed by atoms with Gasteiger partial charge in [0.2, 0.25) is 0 Å². The van der Waals surface area contributed by atoms with E-state index in [1.165, 1.54) is 36.4 Å². The molecule has 0 aromatic carbocycles. The first-order chi connectivity index (χ1) is 17.4. The zero-order valence-electron chi connectivity index (χ0n) is 22.5. The first-order valence-corrected chi connectivity index (χ1v) is 28.5. The van der Waals surface area contributed by atoms with Crippen LogP contribution in [0.2, 0.25) is 0 Å². The molecule has 0 radical (unpaired) electrons. The molecule has 1 saturated heterocycles. The Morgan fingerprint density at radius 3 is 2.86 bits per heavy atom. The van der Waals surface area contributed by atoms with E-state index in [2.05, 4.69) is 85.6 Å². The third-order valence-electron chi connectivity index (χ3n) is 7.42. The summed E-state index contributed by atoms with van der Waals surface area (Å²) in [4.78, 5) is 4.39. The first kappa shape index (κ1) is 29.8. The van der Waals surface area contributed by atoms with Crippen molar-refractivity contribution in [1.82, 2.24) is 0 Å². The van der Waals surface area contributed by atoms with Gasteiger partial charge in [-0.05, 0) is 0 Å². The molecule has 3 aliphatic carbocycles. The quantitative estimate of drug-likeness (QED) is 0.0685. The van der Waals surface area contributed by atoms with Crippen LogP contribution in [0.15, 0.2) is 81.0 Å². The molecular weight excluding hydrogens is 727 g/mol. The summed E-state index contributed by atoms with van der Waals surface area (Å²) in [6, 6.07) is 0. The van der Waals surface area contributed by atoms with Gasteiger partial charge in [0.15, 0.2) is 0 Å². The molecule has 7 heteroatoms. The van der Waals surface area contributed by atoms with Crippen molar-refractivity contribution < 1.29 is 25.3 Å². The van der Waals surface area contributed by atoms with Crippen molar-refractivity contribution in [3.05, 3.63) is 81.0 Å². The Bertz CT molecular complexity index is 1010. The van der Waals surface area contributed by atoms with Crippen LogP contribution >= 0.6 is 44.1 Å². The minimum atomic E-state index is -1.62. The summed E-state index contributed by atoms with van der Waals surface area (Å²) in [5, 5.41) is 0. The summed E-state index contributed by atoms with van der Waals surface area (Å²) in [5.41, 5.74) is 4.63. The van der Waals surface area contributed by atoms with Gasteiger partial charge in [-0.1, -0.05) is 0 Å². The monoisotopic (exact) mass is 771 g/mol. The fourth-order valence-electron chi connectivity index (χ4n) is 5.31. The first-order valence-electron chi connectivity index (χ1n) is 12.9. The van der Waals surface area contributed by atoms with E-state index < -0.39 is 38.1 Å². The fraction of sp³-hybridized carbons (Fsp3) is 0.517. The second-order valence-electron chi connectivity index (χ2n) is 10.2. The standard InChI is InChI=1S/C29H44I2O2P3/c1-7-16-35-31(14-15-31)26-10-9-11-27-28-18-25(17-23(4)29(27,28)19-26)24(21-34-8-2)13-12-22(3)20-32-36-33-30(5)6/h8-10,12-13,17-19,21-22,27-28,34-36H,2,7,11,14-16,20H2,1,3-6H3/q-1/b13-12-,24-21+/t22-,27?,28?,29-/m0/s1. The van der Waals surface area contributed by atoms with Gasteiger partial charge in [-0.15, -0.1) is 0 Å². The molecule has 0 bridgehead atoms. The van der Waals surface area contributed by atoms with Gasteiger partial charge >= 0.3 is 239 Å². The number of rotatable bonds is 14. The summed E-state index contributed by atoms with van der Waals surface area (Å²) < 4.78 is 16.5. The molecule has 1 saturated carbocycles. The molecule has 2 fully saturated rings. The summed E-state index contributed by atoms with van der Waals surface area (Å²) in [7, 11) is 0.819. The van der Waals surface area contributed by atoms with Gasteiger partial charge in [0.05, 0.1) is 0 Å². The van der Waals surface area contributed by atoms with Crippen LogP contribution in [-0.2, 0) is 7.38 Å². The maximum absolute atomic E-state index is 5.77. The zero-order chi connectivity index (χ0) is 25.8. The van der Waals surface area contributed by atoms with Crippen LogP contribution in [0.5, 0.6) is 0 Å². The number of hydrogen-bond donors (Lipinski definition) is 0. The molecule has 0 aromatic heterocycles. The van der Waals surface area contributed by atoms with Crippen molar-refractivity contribution in [2.45, 2.75) is 33.6 Å². The SMILES string of the molecule is C=CP/C=C(\C=C/[C@H](C)COPOI(C)C)C1=CC2C3CC=CC([I-]4(PCCC)CC4)=C[C@@]23C(C)=C1. The average molecular weight is 771 g/mol. The second kappa shape index (κ2) is 13.5. The second-order valence-corrected chi connectivity index (χ2v) is 33.1. The van der Waals surface area contributed by atoms with Gasteiger partial charge < -0.3 is 0 Å². The van der Waals surface area contributed by atoms with Crippen LogP contribution in [0.25, 0.3) is 0 Å². The third-order valence-corrected chi connectivity index (χ3v) is 29.5. The maximum atomic E-state index is 5.77. The molecule has 4 aliphatic rings. The van der Waals surface area contributed by atoms with E-state index in [-0.39, 0.29) is 9.03 Å². The van der Waals surface area contributed by atoms with E-state index in [1.54, 1.807) is 14.4 Å². The molecule has 5 unspecified atom stereocenters. The van der Waals surface area contributed by atoms with Crippen molar-refractivity contribution in [3.8, 4) is 0 Å². The van der Waals surface area contributed by atoms with E-state index in [0.29, 0.717) is 32.4 Å². The molecule has 2 nitrogen and oxygen atoms in total. The molecular formula is C29H44I2O2P3-. The third kappa shape index (κ3) is 6.94. The Balaban J connectivity index is 1.50. The van der Waals surface area contributed by atoms with Gasteiger partial charge in [0, 0.05) is 0 Å². The normalized spacial score (nSPS) is 31.3. The molecule has 1 spiro atoms. The van der Waals surface area contributed by atoms with Gasteiger partial charge in [0.1, 0.15) is 0 Å². The van der Waals surface area contributed by atoms with Crippen molar-refractivity contribution in [3.63, 3.8) is 0 Å². The summed E-state index contributed by atoms with van der Waals surface area (Å²) in [6.45, 7) is 11.7. The van der Waals surface area contributed by atoms with Crippen LogP contribution < -0.4 is 17.9 Å². The van der Waals surface area contributed by atoms with Crippen LogP contribution in [0.4, 0.5) is 0 Å². The summed E-state index contributed by atoms with van der Waals surface area (Å²) >= 11 is -2.78. The van der Waals surface area contributed by atoms with Crippen LogP contribution in [-0.4, -0.2) is 31.5 Å². The van der Waals surface area contributed by atoms with E-state index in [4.69, 9.17) is 7.38 Å². The van der Waals surface area contributed by atoms with Gasteiger partial charge in [-0.25, -0.2) is 0 Å². The molecule has 7 atom stereocenters. The molecule has 1 heterocycles. The molecule has 4 rings (SSSR count). The van der Waals surface area contributed by atoms with E-state index in [1.807, 2.05) is 9.40 Å². The number of fused-ring (bicyclic) bond motifs is 1. The average Bonchev–Trinajstić information content (AvgIpc) is 3.75. The summed E-state index contributed by atoms with van der Waals surface area (Å²) in [6.07, 6.45) is 23.0. The van der Waals surface area contributed by atoms with Gasteiger partial charge in [-0.3, -0.25) is 0 Å². The van der Waals surface area contributed by atoms with Gasteiger partial charge in [0.25, 0.3) is 0 Å². The molecule has 202 valence electrons. The predicted octanol–water partition coefficient (Wildman–Crippen LogP) is 6.25. The Morgan fingerprint density at radius 2 is 2.17 bits per heavy atom. The predicted molar refractivity (Wildman–Crippen MR) is 172 cm³/mol. The number of alkyl halides is 4. The van der Waals surface area contributed by atoms with Crippen LogP contribution in [0.3, 0.4) is 0 Å². The molecule has 1 aliphatic heterocycles. The van der Waals surface area contributed by atoms with Crippen LogP contribution in [0, 0.1) is 23.2 Å². The minimum absolute atomic E-state index is 0.186.